The lowest BCUT2D eigenvalue weighted by Gasteiger charge is -2.03. The van der Waals surface area contributed by atoms with Gasteiger partial charge in [-0.05, 0) is 11.6 Å². The van der Waals surface area contributed by atoms with E-state index in [1.165, 1.54) is 6.07 Å². The number of furan rings is 1. The van der Waals surface area contributed by atoms with Crippen LogP contribution in [-0.4, -0.2) is 11.1 Å². The van der Waals surface area contributed by atoms with Crippen molar-refractivity contribution in [2.45, 2.75) is 0 Å². The van der Waals surface area contributed by atoms with E-state index in [0.717, 1.165) is 0 Å². The van der Waals surface area contributed by atoms with E-state index in [2.05, 4.69) is 0 Å². The Hall–Kier alpha value is -1.68. The molecule has 0 saturated heterocycles. The molecule has 106 valence electrons. The molecule has 1 aromatic heterocycles. The van der Waals surface area contributed by atoms with Crippen molar-refractivity contribution in [1.82, 2.24) is 0 Å². The highest BCUT2D eigenvalue weighted by atomic mass is 35.5. The normalized spacial score (nSPS) is 11.0. The van der Waals surface area contributed by atoms with Crippen molar-refractivity contribution < 1.29 is 14.3 Å². The summed E-state index contributed by atoms with van der Waals surface area (Å²) in [5.74, 6) is -1.42. The maximum Gasteiger partial charge on any atom is 0.372 e. The van der Waals surface area contributed by atoms with Gasteiger partial charge < -0.3 is 9.52 Å². The molecule has 0 atom stereocenters. The Morgan fingerprint density at radius 3 is 2.33 bits per heavy atom. The largest absolute Gasteiger partial charge is 0.475 e. The number of benzene rings is 2. The quantitative estimate of drug-likeness (QED) is 0.603. The first-order valence-corrected chi connectivity index (χ1v) is 7.02. The van der Waals surface area contributed by atoms with Crippen molar-refractivity contribution in [2.24, 2.45) is 0 Å². The number of carboxylic acid groups (broad SMARTS) is 1. The third kappa shape index (κ3) is 2.27. The molecule has 2 aromatic carbocycles. The van der Waals surface area contributed by atoms with Crippen molar-refractivity contribution in [1.29, 1.82) is 0 Å². The molecule has 0 aliphatic carbocycles. The highest BCUT2D eigenvalue weighted by Crippen LogP contribution is 2.44. The molecule has 3 rings (SSSR count). The Balaban J connectivity index is 2.51. The van der Waals surface area contributed by atoms with Crippen LogP contribution in [0.15, 0.2) is 40.8 Å². The Kier molecular flexibility index (Phi) is 3.57. The average molecular weight is 342 g/mol. The monoisotopic (exact) mass is 340 g/mol. The fourth-order valence-corrected chi connectivity index (χ4v) is 2.94. The van der Waals surface area contributed by atoms with Crippen LogP contribution in [0, 0.1) is 0 Å². The van der Waals surface area contributed by atoms with Crippen LogP contribution in [0.3, 0.4) is 0 Å². The van der Waals surface area contributed by atoms with Crippen LogP contribution >= 0.6 is 34.8 Å². The second kappa shape index (κ2) is 5.26. The standard InChI is InChI=1S/C15H7Cl3O3/c16-8-6-9(17)13-11(12(8)18)10(14(21-13)15(19)20)7-4-2-1-3-5-7/h1-6H,(H,19,20). The van der Waals surface area contributed by atoms with Gasteiger partial charge in [-0.15, -0.1) is 0 Å². The lowest BCUT2D eigenvalue weighted by molar-refractivity contribution is 0.0666. The molecule has 0 fully saturated rings. The Morgan fingerprint density at radius 2 is 1.71 bits per heavy atom. The van der Waals surface area contributed by atoms with Crippen molar-refractivity contribution in [3.8, 4) is 11.1 Å². The Labute approximate surface area is 134 Å². The van der Waals surface area contributed by atoms with Crippen LogP contribution in [0.25, 0.3) is 22.1 Å². The smallest absolute Gasteiger partial charge is 0.372 e. The average Bonchev–Trinajstić information content (AvgIpc) is 2.87. The Morgan fingerprint density at radius 1 is 1.05 bits per heavy atom. The zero-order valence-corrected chi connectivity index (χ0v) is 12.6. The zero-order valence-electron chi connectivity index (χ0n) is 10.4. The predicted molar refractivity (Wildman–Crippen MR) is 83.6 cm³/mol. The first kappa shape index (κ1) is 14.3. The lowest BCUT2D eigenvalue weighted by atomic mass is 10.0. The molecule has 0 saturated carbocycles. The first-order valence-electron chi connectivity index (χ1n) is 5.89. The lowest BCUT2D eigenvalue weighted by Crippen LogP contribution is -1.96. The molecule has 0 aliphatic heterocycles. The summed E-state index contributed by atoms with van der Waals surface area (Å²) in [6.07, 6.45) is 0. The number of fused-ring (bicyclic) bond motifs is 1. The van der Waals surface area contributed by atoms with Gasteiger partial charge in [0.25, 0.3) is 0 Å². The van der Waals surface area contributed by atoms with Gasteiger partial charge in [0.15, 0.2) is 5.58 Å². The summed E-state index contributed by atoms with van der Waals surface area (Å²) < 4.78 is 5.41. The molecular weight excluding hydrogens is 335 g/mol. The van der Waals surface area contributed by atoms with Crippen molar-refractivity contribution in [3.63, 3.8) is 0 Å². The van der Waals surface area contributed by atoms with Gasteiger partial charge >= 0.3 is 5.97 Å². The maximum atomic E-state index is 11.5. The number of carbonyl (C=O) groups is 1. The van der Waals surface area contributed by atoms with Crippen LogP contribution in [0.1, 0.15) is 10.6 Å². The molecule has 0 bridgehead atoms. The molecule has 0 unspecified atom stereocenters. The summed E-state index contributed by atoms with van der Waals surface area (Å²) in [7, 11) is 0. The molecular formula is C15H7Cl3O3. The van der Waals surface area contributed by atoms with Crippen LogP contribution in [0.2, 0.25) is 15.1 Å². The minimum atomic E-state index is -1.20. The van der Waals surface area contributed by atoms with Gasteiger partial charge in [-0.1, -0.05) is 65.1 Å². The number of carboxylic acids is 1. The SMILES string of the molecule is O=C(O)c1oc2c(Cl)cc(Cl)c(Cl)c2c1-c1ccccc1. The van der Waals surface area contributed by atoms with E-state index < -0.39 is 5.97 Å². The van der Waals surface area contributed by atoms with Crippen LogP contribution in [0.4, 0.5) is 0 Å². The molecule has 1 N–H and O–H groups in total. The van der Waals surface area contributed by atoms with E-state index >= 15 is 0 Å². The molecule has 21 heavy (non-hydrogen) atoms. The number of aromatic carboxylic acids is 1. The topological polar surface area (TPSA) is 50.4 Å². The number of rotatable bonds is 2. The van der Waals surface area contributed by atoms with Gasteiger partial charge in [0.2, 0.25) is 5.76 Å². The van der Waals surface area contributed by atoms with Crippen molar-refractivity contribution in [2.75, 3.05) is 0 Å². The minimum Gasteiger partial charge on any atom is -0.475 e. The Bertz CT molecular complexity index is 854. The summed E-state index contributed by atoms with van der Waals surface area (Å²) in [5.41, 5.74) is 1.24. The van der Waals surface area contributed by atoms with E-state index in [1.807, 2.05) is 6.07 Å². The molecule has 0 aliphatic rings. The van der Waals surface area contributed by atoms with Gasteiger partial charge in [0, 0.05) is 5.56 Å². The minimum absolute atomic E-state index is 0.210. The molecule has 3 nitrogen and oxygen atoms in total. The zero-order chi connectivity index (χ0) is 15.1. The van der Waals surface area contributed by atoms with Gasteiger partial charge in [-0.25, -0.2) is 4.79 Å². The molecule has 3 aromatic rings. The summed E-state index contributed by atoms with van der Waals surface area (Å²) in [6.45, 7) is 0. The third-order valence-corrected chi connectivity index (χ3v) is 4.13. The summed E-state index contributed by atoms with van der Waals surface area (Å²) >= 11 is 18.3. The summed E-state index contributed by atoms with van der Waals surface area (Å²) in [5, 5.41) is 10.4. The van der Waals surface area contributed by atoms with Gasteiger partial charge in [-0.2, -0.15) is 0 Å². The van der Waals surface area contributed by atoms with Crippen molar-refractivity contribution >= 4 is 51.7 Å². The van der Waals surface area contributed by atoms with E-state index in [1.54, 1.807) is 24.3 Å². The molecule has 6 heteroatoms. The molecule has 0 radical (unpaired) electrons. The van der Waals surface area contributed by atoms with E-state index in [0.29, 0.717) is 16.5 Å². The number of hydrogen-bond donors (Lipinski definition) is 1. The van der Waals surface area contributed by atoms with Crippen LogP contribution < -0.4 is 0 Å². The van der Waals surface area contributed by atoms with Gasteiger partial charge in [0.1, 0.15) is 0 Å². The van der Waals surface area contributed by atoms with E-state index in [-0.39, 0.29) is 26.4 Å². The van der Waals surface area contributed by atoms with Gasteiger partial charge in [0.05, 0.1) is 20.5 Å². The van der Waals surface area contributed by atoms with E-state index in [4.69, 9.17) is 39.2 Å². The first-order chi connectivity index (χ1) is 10.0. The predicted octanol–water partition coefficient (Wildman–Crippen LogP) is 5.76. The van der Waals surface area contributed by atoms with Crippen LogP contribution in [-0.2, 0) is 0 Å². The summed E-state index contributed by atoms with van der Waals surface area (Å²) in [6, 6.07) is 10.4. The second-order valence-electron chi connectivity index (χ2n) is 4.34. The van der Waals surface area contributed by atoms with Crippen molar-refractivity contribution in [3.05, 3.63) is 57.2 Å². The third-order valence-electron chi connectivity index (χ3n) is 3.06. The number of halogens is 3. The van der Waals surface area contributed by atoms with Gasteiger partial charge in [-0.3, -0.25) is 0 Å². The molecule has 0 amide bonds. The number of hydrogen-bond acceptors (Lipinski definition) is 2. The second-order valence-corrected chi connectivity index (χ2v) is 5.53. The molecule has 1 heterocycles. The highest BCUT2D eigenvalue weighted by molar-refractivity contribution is 6.48. The summed E-state index contributed by atoms with van der Waals surface area (Å²) in [4.78, 5) is 11.5. The maximum absolute atomic E-state index is 11.5. The highest BCUT2D eigenvalue weighted by Gasteiger charge is 2.25. The van der Waals surface area contributed by atoms with E-state index in [9.17, 15) is 9.90 Å². The fourth-order valence-electron chi connectivity index (χ4n) is 2.20. The fraction of sp³-hybridized carbons (Fsp3) is 0. The van der Waals surface area contributed by atoms with Crippen LogP contribution in [0.5, 0.6) is 0 Å². The molecule has 0 spiro atoms.